The number of carbonyl (C=O) groups is 2. The number of rotatable bonds is 7. The number of aromatic nitrogens is 1. The molecular weight excluding hydrogens is 340 g/mol. The summed E-state index contributed by atoms with van der Waals surface area (Å²) in [5, 5.41) is 3.78. The summed E-state index contributed by atoms with van der Waals surface area (Å²) in [7, 11) is 0. The van der Waals surface area contributed by atoms with Gasteiger partial charge >= 0.3 is 0 Å². The molecule has 0 aliphatic rings. The van der Waals surface area contributed by atoms with Gasteiger partial charge in [0.05, 0.1) is 6.04 Å². The minimum atomic E-state index is -1.21. The van der Waals surface area contributed by atoms with Crippen LogP contribution >= 0.6 is 0 Å². The van der Waals surface area contributed by atoms with E-state index in [1.807, 2.05) is 60.8 Å². The highest BCUT2D eigenvalue weighted by Gasteiger charge is 2.34. The maximum absolute atomic E-state index is 12.7. The number of para-hydroxylation sites is 1. The van der Waals surface area contributed by atoms with Crippen molar-refractivity contribution in [3.8, 4) is 0 Å². The van der Waals surface area contributed by atoms with E-state index in [0.717, 1.165) is 22.0 Å². The topological polar surface area (TPSA) is 114 Å². The molecule has 1 aromatic heterocycles. The summed E-state index contributed by atoms with van der Waals surface area (Å²) in [6.45, 7) is 1.62. The lowest BCUT2D eigenvalue weighted by atomic mass is 9.91. The number of primary amides is 1. The summed E-state index contributed by atoms with van der Waals surface area (Å²) in [5.41, 5.74) is 13.3. The lowest BCUT2D eigenvalue weighted by molar-refractivity contribution is -0.131. The molecule has 0 saturated heterocycles. The van der Waals surface area contributed by atoms with Crippen molar-refractivity contribution >= 4 is 22.7 Å². The Morgan fingerprint density at radius 3 is 2.48 bits per heavy atom. The average molecular weight is 364 g/mol. The molecule has 0 saturated carbocycles. The van der Waals surface area contributed by atoms with Crippen LogP contribution in [0.4, 0.5) is 0 Å². The lowest BCUT2D eigenvalue weighted by Gasteiger charge is -2.29. The van der Waals surface area contributed by atoms with E-state index in [-0.39, 0.29) is 0 Å². The number of aromatic amines is 1. The third-order valence-corrected chi connectivity index (χ3v) is 4.79. The van der Waals surface area contributed by atoms with Gasteiger partial charge in [-0.15, -0.1) is 0 Å². The van der Waals surface area contributed by atoms with Gasteiger partial charge in [-0.05, 0) is 30.5 Å². The van der Waals surface area contributed by atoms with Gasteiger partial charge < -0.3 is 21.8 Å². The molecule has 0 aliphatic heterocycles. The summed E-state index contributed by atoms with van der Waals surface area (Å²) < 4.78 is 0. The maximum atomic E-state index is 12.7. The molecule has 0 fully saturated rings. The number of carbonyl (C=O) groups excluding carboxylic acids is 2. The highest BCUT2D eigenvalue weighted by atomic mass is 16.2. The summed E-state index contributed by atoms with van der Waals surface area (Å²) >= 11 is 0. The molecule has 2 amide bonds. The third kappa shape index (κ3) is 4.17. The van der Waals surface area contributed by atoms with Gasteiger partial charge in [-0.3, -0.25) is 9.59 Å². The number of nitrogens with one attached hydrogen (secondary N) is 2. The number of H-pyrrole nitrogens is 1. The molecule has 0 aliphatic carbocycles. The lowest BCUT2D eigenvalue weighted by Crippen LogP contribution is -2.60. The van der Waals surface area contributed by atoms with Crippen LogP contribution < -0.4 is 16.8 Å². The molecule has 3 rings (SSSR count). The van der Waals surface area contributed by atoms with Gasteiger partial charge in [-0.1, -0.05) is 48.5 Å². The molecule has 2 aromatic carbocycles. The van der Waals surface area contributed by atoms with Gasteiger partial charge in [0, 0.05) is 23.5 Å². The zero-order valence-electron chi connectivity index (χ0n) is 15.2. The minimum Gasteiger partial charge on any atom is -0.368 e. The van der Waals surface area contributed by atoms with Crippen LogP contribution in [0.2, 0.25) is 0 Å². The first-order chi connectivity index (χ1) is 12.9. The standard InChI is InChI=1S/C21H24N4O2/c1-21(20(23)27,12-14-7-3-2-4-8-14)25-19(26)17(22)11-15-13-24-18-10-6-5-9-16(15)18/h2-10,13,17,24H,11-12,22H2,1H3,(H2,23,27)(H,25,26)/t17-,21-/m0/s1. The molecule has 0 radical (unpaired) electrons. The van der Waals surface area contributed by atoms with Crippen molar-refractivity contribution < 1.29 is 9.59 Å². The second kappa shape index (κ2) is 7.63. The van der Waals surface area contributed by atoms with Crippen molar-refractivity contribution in [1.29, 1.82) is 0 Å². The molecular formula is C21H24N4O2. The van der Waals surface area contributed by atoms with Crippen LogP contribution in [-0.2, 0) is 22.4 Å². The zero-order chi connectivity index (χ0) is 19.4. The number of fused-ring (bicyclic) bond motifs is 1. The normalized spacial score (nSPS) is 14.4. The van der Waals surface area contributed by atoms with E-state index < -0.39 is 23.4 Å². The number of hydrogen-bond acceptors (Lipinski definition) is 3. The largest absolute Gasteiger partial charge is 0.368 e. The fourth-order valence-electron chi connectivity index (χ4n) is 3.19. The molecule has 140 valence electrons. The van der Waals surface area contributed by atoms with Crippen molar-refractivity contribution in [2.45, 2.75) is 31.3 Å². The summed E-state index contributed by atoms with van der Waals surface area (Å²) in [6.07, 6.45) is 2.51. The predicted octanol–water partition coefficient (Wildman–Crippen LogP) is 1.64. The SMILES string of the molecule is C[C@@](Cc1ccccc1)(NC(=O)[C@@H](N)Cc1c[nH]c2ccccc12)C(N)=O. The van der Waals surface area contributed by atoms with Crippen molar-refractivity contribution in [3.63, 3.8) is 0 Å². The molecule has 2 atom stereocenters. The number of benzene rings is 2. The van der Waals surface area contributed by atoms with Gasteiger partial charge in [0.2, 0.25) is 11.8 Å². The first-order valence-corrected chi connectivity index (χ1v) is 8.85. The van der Waals surface area contributed by atoms with E-state index in [4.69, 9.17) is 11.5 Å². The Morgan fingerprint density at radius 2 is 1.78 bits per heavy atom. The average Bonchev–Trinajstić information content (AvgIpc) is 3.05. The second-order valence-electron chi connectivity index (χ2n) is 7.02. The quantitative estimate of drug-likeness (QED) is 0.511. The highest BCUT2D eigenvalue weighted by Crippen LogP contribution is 2.19. The van der Waals surface area contributed by atoms with E-state index in [2.05, 4.69) is 10.3 Å². The van der Waals surface area contributed by atoms with E-state index in [1.165, 1.54) is 0 Å². The minimum absolute atomic E-state index is 0.300. The fourth-order valence-corrected chi connectivity index (χ4v) is 3.19. The second-order valence-corrected chi connectivity index (χ2v) is 7.02. The van der Waals surface area contributed by atoms with Crippen LogP contribution in [0.3, 0.4) is 0 Å². The number of amides is 2. The molecule has 0 unspecified atom stereocenters. The van der Waals surface area contributed by atoms with Crippen LogP contribution in [0.25, 0.3) is 10.9 Å². The molecule has 6 N–H and O–H groups in total. The van der Waals surface area contributed by atoms with E-state index in [9.17, 15) is 9.59 Å². The van der Waals surface area contributed by atoms with Crippen molar-refractivity contribution in [2.75, 3.05) is 0 Å². The van der Waals surface area contributed by atoms with Crippen LogP contribution in [0.15, 0.2) is 60.8 Å². The Labute approximate surface area is 157 Å². The molecule has 3 aromatic rings. The van der Waals surface area contributed by atoms with Gasteiger partial charge in [-0.25, -0.2) is 0 Å². The molecule has 0 spiro atoms. The smallest absolute Gasteiger partial charge is 0.243 e. The Balaban J connectivity index is 1.72. The Hall–Kier alpha value is -3.12. The Kier molecular flexibility index (Phi) is 5.28. The Bertz CT molecular complexity index is 951. The van der Waals surface area contributed by atoms with Gasteiger partial charge in [0.1, 0.15) is 5.54 Å². The van der Waals surface area contributed by atoms with Crippen LogP contribution in [0, 0.1) is 0 Å². The zero-order valence-corrected chi connectivity index (χ0v) is 15.2. The number of hydrogen-bond donors (Lipinski definition) is 4. The van der Waals surface area contributed by atoms with E-state index in [0.29, 0.717) is 12.8 Å². The van der Waals surface area contributed by atoms with Crippen LogP contribution in [0.1, 0.15) is 18.1 Å². The van der Waals surface area contributed by atoms with Crippen LogP contribution in [0.5, 0.6) is 0 Å². The van der Waals surface area contributed by atoms with Crippen molar-refractivity contribution in [1.82, 2.24) is 10.3 Å². The Morgan fingerprint density at radius 1 is 1.11 bits per heavy atom. The molecule has 27 heavy (non-hydrogen) atoms. The maximum Gasteiger partial charge on any atom is 0.243 e. The van der Waals surface area contributed by atoms with Crippen molar-refractivity contribution in [2.24, 2.45) is 11.5 Å². The van der Waals surface area contributed by atoms with Gasteiger partial charge in [0.25, 0.3) is 0 Å². The fraction of sp³-hybridized carbons (Fsp3) is 0.238. The monoisotopic (exact) mass is 364 g/mol. The molecule has 0 bridgehead atoms. The number of nitrogens with two attached hydrogens (primary N) is 2. The van der Waals surface area contributed by atoms with Crippen molar-refractivity contribution in [3.05, 3.63) is 71.9 Å². The van der Waals surface area contributed by atoms with Gasteiger partial charge in [0.15, 0.2) is 0 Å². The van der Waals surface area contributed by atoms with E-state index in [1.54, 1.807) is 6.92 Å². The molecule has 1 heterocycles. The highest BCUT2D eigenvalue weighted by molar-refractivity contribution is 5.92. The summed E-state index contributed by atoms with van der Waals surface area (Å²) in [5.74, 6) is -1.00. The first-order valence-electron chi connectivity index (χ1n) is 8.85. The van der Waals surface area contributed by atoms with Crippen LogP contribution in [-0.4, -0.2) is 28.4 Å². The van der Waals surface area contributed by atoms with E-state index >= 15 is 0 Å². The summed E-state index contributed by atoms with van der Waals surface area (Å²) in [6, 6.07) is 16.5. The molecule has 6 nitrogen and oxygen atoms in total. The first kappa shape index (κ1) is 18.7. The predicted molar refractivity (Wildman–Crippen MR) is 106 cm³/mol. The molecule has 6 heteroatoms. The third-order valence-electron chi connectivity index (χ3n) is 4.79. The summed E-state index contributed by atoms with van der Waals surface area (Å²) in [4.78, 5) is 27.9. The van der Waals surface area contributed by atoms with Gasteiger partial charge in [-0.2, -0.15) is 0 Å².